The van der Waals surface area contributed by atoms with Gasteiger partial charge in [-0.25, -0.2) is 4.79 Å². The second-order valence-corrected chi connectivity index (χ2v) is 9.03. The summed E-state index contributed by atoms with van der Waals surface area (Å²) in [6.07, 6.45) is -0.433. The van der Waals surface area contributed by atoms with Gasteiger partial charge in [0.15, 0.2) is 0 Å². The largest absolute Gasteiger partial charge is 0.414 e. The van der Waals surface area contributed by atoms with Crippen molar-refractivity contribution in [3.8, 4) is 5.88 Å². The van der Waals surface area contributed by atoms with Crippen LogP contribution in [0, 0.1) is 0 Å². The van der Waals surface area contributed by atoms with Crippen molar-refractivity contribution in [3.05, 3.63) is 69.2 Å². The van der Waals surface area contributed by atoms with E-state index in [1.807, 2.05) is 31.2 Å². The molecule has 0 bridgehead atoms. The van der Waals surface area contributed by atoms with Gasteiger partial charge in [-0.3, -0.25) is 14.7 Å². The lowest BCUT2D eigenvalue weighted by molar-refractivity contribution is -0.120. The Balaban J connectivity index is 1.43. The molecule has 3 amide bonds. The summed E-state index contributed by atoms with van der Waals surface area (Å²) in [6.45, 7) is 2.00. The third-order valence-electron chi connectivity index (χ3n) is 5.56. The molecule has 34 heavy (non-hydrogen) atoms. The monoisotopic (exact) mass is 545 g/mol. The summed E-state index contributed by atoms with van der Waals surface area (Å²) in [5.41, 5.74) is 2.12. The van der Waals surface area contributed by atoms with Crippen LogP contribution in [0.1, 0.15) is 35.2 Å². The number of carbonyl (C=O) groups excluding carboxylic acids is 3. The summed E-state index contributed by atoms with van der Waals surface area (Å²) in [5, 5.41) is 12.1. The van der Waals surface area contributed by atoms with E-state index in [-0.39, 0.29) is 33.6 Å². The van der Waals surface area contributed by atoms with Gasteiger partial charge in [0.05, 0.1) is 10.6 Å². The predicted octanol–water partition coefficient (Wildman–Crippen LogP) is 4.71. The Hall–Kier alpha value is -3.37. The number of fused-ring (bicyclic) bond motifs is 1. The molecule has 0 saturated carbocycles. The molecule has 3 aromatic rings. The molecular formula is C23H21BrClN5O4. The number of aromatic nitrogens is 2. The summed E-state index contributed by atoms with van der Waals surface area (Å²) in [7, 11) is 1.68. The molecule has 2 aromatic carbocycles. The van der Waals surface area contributed by atoms with E-state index in [9.17, 15) is 14.4 Å². The number of H-pyrrole nitrogens is 1. The number of likely N-dealkylation sites (N-methyl/N-ethyl adjacent to an activating group) is 1. The highest BCUT2D eigenvalue weighted by molar-refractivity contribution is 9.10. The molecule has 0 aliphatic carbocycles. The molecule has 1 aromatic heterocycles. The average molecular weight is 547 g/mol. The van der Waals surface area contributed by atoms with Crippen molar-refractivity contribution in [2.45, 2.75) is 25.3 Å². The minimum absolute atomic E-state index is 0.0409. The normalized spacial score (nSPS) is 17.5. The van der Waals surface area contributed by atoms with Crippen LogP contribution in [0.4, 0.5) is 16.3 Å². The maximum Gasteiger partial charge on any atom is 0.414 e. The van der Waals surface area contributed by atoms with Crippen LogP contribution < -0.4 is 20.3 Å². The van der Waals surface area contributed by atoms with Crippen molar-refractivity contribution in [2.75, 3.05) is 17.3 Å². The number of amides is 3. The van der Waals surface area contributed by atoms with E-state index in [4.69, 9.17) is 16.3 Å². The van der Waals surface area contributed by atoms with Gasteiger partial charge in [-0.2, -0.15) is 0 Å². The Labute approximate surface area is 208 Å². The topological polar surface area (TPSA) is 116 Å². The summed E-state index contributed by atoms with van der Waals surface area (Å²) in [4.78, 5) is 39.6. The smallest absolute Gasteiger partial charge is 0.388 e. The molecule has 1 aliphatic heterocycles. The van der Waals surface area contributed by atoms with E-state index in [2.05, 4.69) is 36.8 Å². The van der Waals surface area contributed by atoms with Gasteiger partial charge in [0.25, 0.3) is 11.8 Å². The zero-order valence-electron chi connectivity index (χ0n) is 18.3. The van der Waals surface area contributed by atoms with Crippen LogP contribution >= 0.6 is 27.5 Å². The Kier molecular flexibility index (Phi) is 6.90. The van der Waals surface area contributed by atoms with Crippen molar-refractivity contribution in [2.24, 2.45) is 0 Å². The van der Waals surface area contributed by atoms with Crippen LogP contribution in [0.3, 0.4) is 0 Å². The van der Waals surface area contributed by atoms with Gasteiger partial charge in [-0.1, -0.05) is 48.9 Å². The van der Waals surface area contributed by atoms with E-state index < -0.39 is 18.0 Å². The molecule has 2 atom stereocenters. The van der Waals surface area contributed by atoms with E-state index in [1.165, 1.54) is 4.90 Å². The lowest BCUT2D eigenvalue weighted by Gasteiger charge is -2.21. The van der Waals surface area contributed by atoms with Gasteiger partial charge < -0.3 is 20.3 Å². The summed E-state index contributed by atoms with van der Waals surface area (Å²) in [5.74, 6) is -0.590. The first-order valence-electron chi connectivity index (χ1n) is 10.4. The molecule has 11 heteroatoms. The Morgan fingerprint density at radius 3 is 2.68 bits per heavy atom. The Morgan fingerprint density at radius 1 is 1.21 bits per heavy atom. The zero-order chi connectivity index (χ0) is 24.4. The van der Waals surface area contributed by atoms with Crippen molar-refractivity contribution in [1.29, 1.82) is 0 Å². The van der Waals surface area contributed by atoms with Crippen molar-refractivity contribution >= 4 is 56.9 Å². The summed E-state index contributed by atoms with van der Waals surface area (Å²) >= 11 is 9.32. The number of aromatic amines is 1. The second kappa shape index (κ2) is 9.86. The molecule has 176 valence electrons. The van der Waals surface area contributed by atoms with E-state index in [0.29, 0.717) is 11.4 Å². The molecule has 3 N–H and O–H groups in total. The number of hydrogen-bond donors (Lipinski definition) is 3. The number of carbonyl (C=O) groups is 3. The lowest BCUT2D eigenvalue weighted by atomic mass is 9.94. The van der Waals surface area contributed by atoms with Crippen LogP contribution in [0.5, 0.6) is 5.88 Å². The summed E-state index contributed by atoms with van der Waals surface area (Å²) < 4.78 is 5.52. The molecule has 0 saturated heterocycles. The number of rotatable bonds is 4. The highest BCUT2D eigenvalue weighted by atomic mass is 79.9. The van der Waals surface area contributed by atoms with E-state index in [1.54, 1.807) is 31.3 Å². The standard InChI is InChI=1S/C23H21BrClN5O4/c1-12-11-16(22(32)30(2)17-10-6-4-7-13(12)17)26-23(33)34-21-18(24)19(28-29-21)27-20(31)14-8-3-5-9-15(14)25/h3-10,12,16H,11H2,1-2H3,(H,26,33)(H2,27,28,29,31). The quantitative estimate of drug-likeness (QED) is 0.438. The maximum absolute atomic E-state index is 13.0. The minimum atomic E-state index is -0.846. The average Bonchev–Trinajstić information content (AvgIpc) is 3.12. The molecule has 0 radical (unpaired) electrons. The number of nitrogens with zero attached hydrogens (tertiary/aromatic N) is 2. The predicted molar refractivity (Wildman–Crippen MR) is 132 cm³/mol. The molecule has 0 fully saturated rings. The third kappa shape index (κ3) is 4.78. The van der Waals surface area contributed by atoms with Crippen LogP contribution in [0.15, 0.2) is 53.0 Å². The van der Waals surface area contributed by atoms with Crippen molar-refractivity contribution in [1.82, 2.24) is 15.5 Å². The number of hydrogen-bond acceptors (Lipinski definition) is 5. The molecule has 0 spiro atoms. The third-order valence-corrected chi connectivity index (χ3v) is 6.63. The number of para-hydroxylation sites is 1. The van der Waals surface area contributed by atoms with Gasteiger partial charge in [-0.05, 0) is 52.0 Å². The maximum atomic E-state index is 13.0. The molecule has 1 aliphatic rings. The van der Waals surface area contributed by atoms with Crippen LogP contribution in [0.2, 0.25) is 5.02 Å². The molecule has 2 unspecified atom stereocenters. The van der Waals surface area contributed by atoms with Crippen LogP contribution in [0.25, 0.3) is 0 Å². The number of halogens is 2. The summed E-state index contributed by atoms with van der Waals surface area (Å²) in [6, 6.07) is 13.4. The van der Waals surface area contributed by atoms with E-state index in [0.717, 1.165) is 11.3 Å². The van der Waals surface area contributed by atoms with Gasteiger partial charge >= 0.3 is 6.09 Å². The van der Waals surface area contributed by atoms with E-state index >= 15 is 0 Å². The van der Waals surface area contributed by atoms with Gasteiger partial charge in [-0.15, -0.1) is 5.10 Å². The number of nitrogens with one attached hydrogen (secondary N) is 3. The Morgan fingerprint density at radius 2 is 1.91 bits per heavy atom. The Bertz CT molecular complexity index is 1260. The van der Waals surface area contributed by atoms with Crippen molar-refractivity contribution < 1.29 is 19.1 Å². The fourth-order valence-electron chi connectivity index (χ4n) is 3.81. The molecule has 4 rings (SSSR count). The number of ether oxygens (including phenoxy) is 1. The van der Waals surface area contributed by atoms with Crippen LogP contribution in [-0.4, -0.2) is 41.2 Å². The molecule has 9 nitrogen and oxygen atoms in total. The number of anilines is 2. The first-order valence-corrected chi connectivity index (χ1v) is 11.6. The fraction of sp³-hybridized carbons (Fsp3) is 0.217. The highest BCUT2D eigenvalue weighted by Crippen LogP contribution is 2.34. The minimum Gasteiger partial charge on any atom is -0.388 e. The van der Waals surface area contributed by atoms with Crippen LogP contribution in [-0.2, 0) is 4.79 Å². The molecular weight excluding hydrogens is 526 g/mol. The second-order valence-electron chi connectivity index (χ2n) is 7.83. The molecule has 2 heterocycles. The van der Waals surface area contributed by atoms with Gasteiger partial charge in [0.2, 0.25) is 5.91 Å². The fourth-order valence-corrected chi connectivity index (χ4v) is 4.39. The van der Waals surface area contributed by atoms with Gasteiger partial charge in [0.1, 0.15) is 16.3 Å². The first-order chi connectivity index (χ1) is 16.3. The van der Waals surface area contributed by atoms with Gasteiger partial charge in [0, 0.05) is 12.7 Å². The lowest BCUT2D eigenvalue weighted by Crippen LogP contribution is -2.47. The van der Waals surface area contributed by atoms with Crippen molar-refractivity contribution in [3.63, 3.8) is 0 Å². The highest BCUT2D eigenvalue weighted by Gasteiger charge is 2.33. The SMILES string of the molecule is CC1CC(NC(=O)Oc2n[nH]c(NC(=O)c3ccccc3Cl)c2Br)C(=O)N(C)c2ccccc21. The number of benzene rings is 2. The zero-order valence-corrected chi connectivity index (χ0v) is 20.6. The first kappa shape index (κ1) is 23.8.